The van der Waals surface area contributed by atoms with Crippen LogP contribution in [0.2, 0.25) is 0 Å². The molecule has 0 bridgehead atoms. The normalized spacial score (nSPS) is 11.6. The maximum Gasteiger partial charge on any atom is 0.193 e. The standard InChI is InChI=1S/C19H33N7S.HI/c1-15(2)13-26-17(22-23-19(26)27-6)10-7-11-21-18(20-3)25(5)14-16-9-8-12-24(16)4;/h8-9,12,15H,7,10-11,13-14H2,1-6H3,(H,20,21);1H. The Labute approximate surface area is 190 Å². The van der Waals surface area contributed by atoms with Crippen LogP contribution in [0.1, 0.15) is 31.8 Å². The van der Waals surface area contributed by atoms with Crippen LogP contribution in [0.3, 0.4) is 0 Å². The number of aromatic nitrogens is 4. The molecule has 2 aromatic heterocycles. The molecule has 7 nitrogen and oxygen atoms in total. The Balaban J connectivity index is 0.00000392. The van der Waals surface area contributed by atoms with E-state index < -0.39 is 0 Å². The first kappa shape index (κ1) is 24.8. The zero-order valence-corrected chi connectivity index (χ0v) is 21.0. The van der Waals surface area contributed by atoms with Crippen LogP contribution < -0.4 is 5.32 Å². The van der Waals surface area contributed by atoms with Gasteiger partial charge < -0.3 is 19.4 Å². The third-order valence-corrected chi connectivity index (χ3v) is 5.08. The maximum absolute atomic E-state index is 4.40. The van der Waals surface area contributed by atoms with E-state index in [1.54, 1.807) is 11.8 Å². The van der Waals surface area contributed by atoms with Gasteiger partial charge in [-0.15, -0.1) is 34.2 Å². The highest BCUT2D eigenvalue weighted by Gasteiger charge is 2.13. The van der Waals surface area contributed by atoms with Crippen LogP contribution in [0.15, 0.2) is 28.5 Å². The third-order valence-electron chi connectivity index (χ3n) is 4.41. The number of guanidine groups is 1. The van der Waals surface area contributed by atoms with Crippen LogP contribution in [0, 0.1) is 5.92 Å². The first-order valence-electron chi connectivity index (χ1n) is 9.44. The van der Waals surface area contributed by atoms with Gasteiger partial charge in [0.2, 0.25) is 0 Å². The summed E-state index contributed by atoms with van der Waals surface area (Å²) in [6.07, 6.45) is 6.02. The molecule has 0 aromatic carbocycles. The predicted octanol–water partition coefficient (Wildman–Crippen LogP) is 3.25. The molecule has 158 valence electrons. The first-order valence-corrected chi connectivity index (χ1v) is 10.7. The average molecular weight is 520 g/mol. The van der Waals surface area contributed by atoms with Gasteiger partial charge in [0, 0.05) is 52.5 Å². The number of halogens is 1. The molecule has 9 heteroatoms. The summed E-state index contributed by atoms with van der Waals surface area (Å²) in [5.41, 5.74) is 1.26. The summed E-state index contributed by atoms with van der Waals surface area (Å²) < 4.78 is 4.39. The Hall–Kier alpha value is -1.23. The summed E-state index contributed by atoms with van der Waals surface area (Å²) in [7, 11) is 5.95. The van der Waals surface area contributed by atoms with E-state index in [4.69, 9.17) is 0 Å². The smallest absolute Gasteiger partial charge is 0.193 e. The summed E-state index contributed by atoms with van der Waals surface area (Å²) in [6, 6.07) is 4.20. The fourth-order valence-corrected chi connectivity index (χ4v) is 3.54. The van der Waals surface area contributed by atoms with Crippen LogP contribution in [-0.4, -0.2) is 57.1 Å². The fourth-order valence-electron chi connectivity index (χ4n) is 3.01. The Morgan fingerprint density at radius 1 is 1.36 bits per heavy atom. The van der Waals surface area contributed by atoms with Crippen LogP contribution >= 0.6 is 35.7 Å². The zero-order chi connectivity index (χ0) is 19.8. The van der Waals surface area contributed by atoms with E-state index in [0.717, 1.165) is 49.4 Å². The second-order valence-electron chi connectivity index (χ2n) is 7.15. The second-order valence-corrected chi connectivity index (χ2v) is 7.92. The quantitative estimate of drug-likeness (QED) is 0.181. The van der Waals surface area contributed by atoms with E-state index in [1.807, 2.05) is 7.05 Å². The van der Waals surface area contributed by atoms with Gasteiger partial charge in [-0.25, -0.2) is 0 Å². The van der Waals surface area contributed by atoms with E-state index in [1.165, 1.54) is 5.69 Å². The Bertz CT molecular complexity index is 738. The number of aryl methyl sites for hydroxylation is 2. The van der Waals surface area contributed by atoms with Crippen molar-refractivity contribution >= 4 is 41.7 Å². The molecule has 28 heavy (non-hydrogen) atoms. The fraction of sp³-hybridized carbons (Fsp3) is 0.632. The van der Waals surface area contributed by atoms with Gasteiger partial charge in [0.05, 0.1) is 6.54 Å². The van der Waals surface area contributed by atoms with Crippen LogP contribution in [0.5, 0.6) is 0 Å². The van der Waals surface area contributed by atoms with E-state index in [2.05, 4.69) is 87.1 Å². The molecule has 0 unspecified atom stereocenters. The predicted molar refractivity (Wildman–Crippen MR) is 129 cm³/mol. The molecule has 1 N–H and O–H groups in total. The molecule has 0 aliphatic rings. The van der Waals surface area contributed by atoms with Gasteiger partial charge in [-0.1, -0.05) is 25.6 Å². The Kier molecular flexibility index (Phi) is 10.9. The topological polar surface area (TPSA) is 63.3 Å². The number of thioether (sulfide) groups is 1. The zero-order valence-electron chi connectivity index (χ0n) is 17.8. The molecular formula is C19H34IN7S. The van der Waals surface area contributed by atoms with Crippen molar-refractivity contribution in [3.05, 3.63) is 29.8 Å². The van der Waals surface area contributed by atoms with E-state index in [-0.39, 0.29) is 24.0 Å². The van der Waals surface area contributed by atoms with Gasteiger partial charge in [-0.2, -0.15) is 0 Å². The summed E-state index contributed by atoms with van der Waals surface area (Å²) in [6.45, 7) is 7.09. The summed E-state index contributed by atoms with van der Waals surface area (Å²) in [4.78, 5) is 6.54. The van der Waals surface area contributed by atoms with E-state index >= 15 is 0 Å². The SMILES string of the molecule is CN=C(NCCCc1nnc(SC)n1CC(C)C)N(C)Cc1cccn1C.I. The lowest BCUT2D eigenvalue weighted by Gasteiger charge is -2.22. The minimum absolute atomic E-state index is 0. The van der Waals surface area contributed by atoms with Crippen molar-refractivity contribution in [1.82, 2.24) is 29.5 Å². The Morgan fingerprint density at radius 2 is 2.11 bits per heavy atom. The van der Waals surface area contributed by atoms with Crippen molar-refractivity contribution < 1.29 is 0 Å². The summed E-state index contributed by atoms with van der Waals surface area (Å²) >= 11 is 1.66. The monoisotopic (exact) mass is 519 g/mol. The second kappa shape index (κ2) is 12.4. The van der Waals surface area contributed by atoms with Crippen molar-refractivity contribution in [2.24, 2.45) is 18.0 Å². The van der Waals surface area contributed by atoms with Gasteiger partial charge in [0.25, 0.3) is 0 Å². The Morgan fingerprint density at radius 3 is 2.68 bits per heavy atom. The molecule has 0 radical (unpaired) electrons. The number of rotatable bonds is 9. The van der Waals surface area contributed by atoms with Crippen LogP contribution in [0.25, 0.3) is 0 Å². The maximum atomic E-state index is 4.40. The van der Waals surface area contributed by atoms with Gasteiger partial charge in [0.15, 0.2) is 11.1 Å². The van der Waals surface area contributed by atoms with Gasteiger partial charge in [-0.05, 0) is 30.7 Å². The van der Waals surface area contributed by atoms with E-state index in [0.29, 0.717) is 5.92 Å². The number of nitrogens with zero attached hydrogens (tertiary/aromatic N) is 6. The minimum atomic E-state index is 0. The number of nitrogens with one attached hydrogen (secondary N) is 1. The van der Waals surface area contributed by atoms with Crippen LogP contribution in [-0.2, 0) is 26.6 Å². The molecule has 0 spiro atoms. The molecule has 0 fully saturated rings. The van der Waals surface area contributed by atoms with Crippen molar-refractivity contribution in [1.29, 1.82) is 0 Å². The molecule has 0 saturated heterocycles. The molecule has 2 rings (SSSR count). The lowest BCUT2D eigenvalue weighted by atomic mass is 10.2. The number of aliphatic imine (C=N–C) groups is 1. The molecule has 2 aromatic rings. The largest absolute Gasteiger partial charge is 0.356 e. The van der Waals surface area contributed by atoms with Crippen molar-refractivity contribution in [2.75, 3.05) is 26.9 Å². The van der Waals surface area contributed by atoms with Crippen molar-refractivity contribution in [2.45, 2.75) is 44.9 Å². The van der Waals surface area contributed by atoms with E-state index in [9.17, 15) is 0 Å². The average Bonchev–Trinajstić information content (AvgIpc) is 3.20. The lowest BCUT2D eigenvalue weighted by Crippen LogP contribution is -2.39. The molecule has 0 saturated carbocycles. The molecule has 0 aliphatic heterocycles. The highest BCUT2D eigenvalue weighted by molar-refractivity contribution is 14.0. The lowest BCUT2D eigenvalue weighted by molar-refractivity contribution is 0.458. The van der Waals surface area contributed by atoms with Gasteiger partial charge in [-0.3, -0.25) is 4.99 Å². The molecule has 0 aliphatic carbocycles. The summed E-state index contributed by atoms with van der Waals surface area (Å²) in [5, 5.41) is 13.2. The third kappa shape index (κ3) is 6.98. The molecule has 2 heterocycles. The molecule has 0 atom stereocenters. The highest BCUT2D eigenvalue weighted by atomic mass is 127. The van der Waals surface area contributed by atoms with Crippen molar-refractivity contribution in [3.8, 4) is 0 Å². The molecular weight excluding hydrogens is 485 g/mol. The minimum Gasteiger partial charge on any atom is -0.356 e. The summed E-state index contributed by atoms with van der Waals surface area (Å²) in [5.74, 6) is 2.56. The number of hydrogen-bond donors (Lipinski definition) is 1. The highest BCUT2D eigenvalue weighted by Crippen LogP contribution is 2.16. The van der Waals surface area contributed by atoms with Gasteiger partial charge in [0.1, 0.15) is 5.82 Å². The van der Waals surface area contributed by atoms with Gasteiger partial charge >= 0.3 is 0 Å². The van der Waals surface area contributed by atoms with Crippen molar-refractivity contribution in [3.63, 3.8) is 0 Å². The van der Waals surface area contributed by atoms with Crippen LogP contribution in [0.4, 0.5) is 0 Å². The number of hydrogen-bond acceptors (Lipinski definition) is 4. The first-order chi connectivity index (χ1) is 13.0. The molecule has 0 amide bonds.